The number of hydrogen-bond donors (Lipinski definition) is 1. The second kappa shape index (κ2) is 9.48. The lowest BCUT2D eigenvalue weighted by Crippen LogP contribution is -2.31. The third-order valence-electron chi connectivity index (χ3n) is 7.28. The van der Waals surface area contributed by atoms with Crippen molar-refractivity contribution in [2.24, 2.45) is 11.8 Å². The van der Waals surface area contributed by atoms with Crippen LogP contribution in [-0.2, 0) is 21.2 Å². The summed E-state index contributed by atoms with van der Waals surface area (Å²) in [6.45, 7) is 4.34. The molecule has 36 heavy (non-hydrogen) atoms. The predicted molar refractivity (Wildman–Crippen MR) is 132 cm³/mol. The molecular formula is C26H30FN3O5S. The van der Waals surface area contributed by atoms with Gasteiger partial charge in [-0.25, -0.2) is 12.8 Å². The van der Waals surface area contributed by atoms with E-state index in [9.17, 15) is 22.7 Å². The molecule has 10 heteroatoms. The molecule has 2 fully saturated rings. The van der Waals surface area contributed by atoms with Crippen LogP contribution in [0, 0.1) is 17.7 Å². The van der Waals surface area contributed by atoms with Crippen molar-refractivity contribution in [3.05, 3.63) is 54.0 Å². The lowest BCUT2D eigenvalue weighted by Gasteiger charge is -2.34. The summed E-state index contributed by atoms with van der Waals surface area (Å²) in [4.78, 5) is 11.6. The molecule has 192 valence electrons. The average Bonchev–Trinajstić information content (AvgIpc) is 3.35. The van der Waals surface area contributed by atoms with Gasteiger partial charge in [0.15, 0.2) is 0 Å². The summed E-state index contributed by atoms with van der Waals surface area (Å²) in [6.07, 6.45) is 2.68. The molecule has 1 aliphatic carbocycles. The molecule has 0 spiro atoms. The quantitative estimate of drug-likeness (QED) is 0.481. The second-order valence-electron chi connectivity index (χ2n) is 9.98. The van der Waals surface area contributed by atoms with Crippen LogP contribution in [0.1, 0.15) is 44.8 Å². The molecule has 0 bridgehead atoms. The van der Waals surface area contributed by atoms with E-state index in [2.05, 4.69) is 5.10 Å². The number of fused-ring (bicyclic) bond motifs is 1. The largest absolute Gasteiger partial charge is 0.491 e. The molecule has 1 N–H and O–H groups in total. The van der Waals surface area contributed by atoms with Gasteiger partial charge >= 0.3 is 5.97 Å². The van der Waals surface area contributed by atoms with E-state index >= 15 is 0 Å². The van der Waals surface area contributed by atoms with Crippen LogP contribution < -0.4 is 4.74 Å². The maximum atomic E-state index is 14.8. The summed E-state index contributed by atoms with van der Waals surface area (Å²) < 4.78 is 50.8. The van der Waals surface area contributed by atoms with Gasteiger partial charge in [-0.1, -0.05) is 25.3 Å². The zero-order valence-corrected chi connectivity index (χ0v) is 21.1. The molecule has 1 saturated heterocycles. The minimum absolute atomic E-state index is 0.00104. The Kier molecular flexibility index (Phi) is 6.50. The third kappa shape index (κ3) is 4.48. The number of carboxylic acid groups (broad SMARTS) is 1. The van der Waals surface area contributed by atoms with Crippen LogP contribution in [-0.4, -0.2) is 52.8 Å². The Morgan fingerprint density at radius 3 is 2.50 bits per heavy atom. The van der Waals surface area contributed by atoms with Gasteiger partial charge in [-0.15, -0.1) is 0 Å². The van der Waals surface area contributed by atoms with Crippen molar-refractivity contribution in [3.8, 4) is 5.75 Å². The smallest absolute Gasteiger partial charge is 0.309 e. The maximum absolute atomic E-state index is 14.8. The first-order valence-electron chi connectivity index (χ1n) is 12.3. The van der Waals surface area contributed by atoms with E-state index in [0.717, 1.165) is 19.3 Å². The van der Waals surface area contributed by atoms with Crippen molar-refractivity contribution >= 4 is 26.9 Å². The van der Waals surface area contributed by atoms with E-state index in [1.54, 1.807) is 41.1 Å². The van der Waals surface area contributed by atoms with E-state index in [0.29, 0.717) is 23.7 Å². The van der Waals surface area contributed by atoms with Crippen molar-refractivity contribution < 1.29 is 27.4 Å². The SMILES string of the molecule is CC(C)Oc1ccc(S(=O)(=O)N2C[C@@H](C3CCC3)[C@@H](n3nc(CC(=O)O)c4c(F)cccc43)C2)cc1. The van der Waals surface area contributed by atoms with Gasteiger partial charge in [0.25, 0.3) is 0 Å². The van der Waals surface area contributed by atoms with Crippen molar-refractivity contribution in [2.45, 2.75) is 56.6 Å². The number of ether oxygens (including phenoxy) is 1. The predicted octanol–water partition coefficient (Wildman–Crippen LogP) is 4.25. The second-order valence-corrected chi connectivity index (χ2v) is 11.9. The van der Waals surface area contributed by atoms with E-state index in [1.807, 2.05) is 13.8 Å². The van der Waals surface area contributed by atoms with Gasteiger partial charge in [-0.3, -0.25) is 9.48 Å². The molecule has 1 saturated carbocycles. The number of nitrogens with zero attached hydrogens (tertiary/aromatic N) is 3. The Morgan fingerprint density at radius 2 is 1.89 bits per heavy atom. The molecular weight excluding hydrogens is 485 g/mol. The first kappa shape index (κ1) is 24.7. The molecule has 0 unspecified atom stereocenters. The molecule has 1 aliphatic heterocycles. The third-order valence-corrected chi connectivity index (χ3v) is 9.12. The first-order chi connectivity index (χ1) is 17.1. The summed E-state index contributed by atoms with van der Waals surface area (Å²) in [5, 5.41) is 14.1. The summed E-state index contributed by atoms with van der Waals surface area (Å²) >= 11 is 0. The van der Waals surface area contributed by atoms with Crippen molar-refractivity contribution in [2.75, 3.05) is 13.1 Å². The molecule has 3 aromatic rings. The topological polar surface area (TPSA) is 102 Å². The number of sulfonamides is 1. The fourth-order valence-corrected chi connectivity index (χ4v) is 6.91. The highest BCUT2D eigenvalue weighted by atomic mass is 32.2. The van der Waals surface area contributed by atoms with Gasteiger partial charge in [0.2, 0.25) is 10.0 Å². The Morgan fingerprint density at radius 1 is 1.17 bits per heavy atom. The lowest BCUT2D eigenvalue weighted by molar-refractivity contribution is -0.136. The highest BCUT2D eigenvalue weighted by molar-refractivity contribution is 7.89. The van der Waals surface area contributed by atoms with Crippen molar-refractivity contribution in [1.82, 2.24) is 14.1 Å². The molecule has 2 aromatic carbocycles. The number of carboxylic acids is 1. The minimum Gasteiger partial charge on any atom is -0.491 e. The van der Waals surface area contributed by atoms with E-state index < -0.39 is 28.2 Å². The molecule has 5 rings (SSSR count). The fraction of sp³-hybridized carbons (Fsp3) is 0.462. The molecule has 2 atom stereocenters. The van der Waals surface area contributed by atoms with Crippen LogP contribution in [0.4, 0.5) is 4.39 Å². The number of hydrogen-bond acceptors (Lipinski definition) is 5. The van der Waals surface area contributed by atoms with Gasteiger partial charge in [0.1, 0.15) is 11.6 Å². The summed E-state index contributed by atoms with van der Waals surface area (Å²) in [5.41, 5.74) is 0.653. The van der Waals surface area contributed by atoms with E-state index in [-0.39, 0.29) is 40.6 Å². The molecule has 2 aliphatic rings. The molecule has 8 nitrogen and oxygen atoms in total. The Hall–Kier alpha value is -2.98. The molecule has 1 aromatic heterocycles. The normalized spacial score (nSPS) is 21.2. The number of aliphatic carboxylic acids is 1. The summed E-state index contributed by atoms with van der Waals surface area (Å²) in [5.74, 6) is -0.678. The monoisotopic (exact) mass is 515 g/mol. The maximum Gasteiger partial charge on any atom is 0.309 e. The number of benzene rings is 2. The Bertz CT molecular complexity index is 1380. The highest BCUT2D eigenvalue weighted by Gasteiger charge is 2.46. The summed E-state index contributed by atoms with van der Waals surface area (Å²) in [6, 6.07) is 10.7. The van der Waals surface area contributed by atoms with Crippen LogP contribution in [0.5, 0.6) is 5.75 Å². The number of halogens is 1. The van der Waals surface area contributed by atoms with Crippen LogP contribution in [0.3, 0.4) is 0 Å². The number of carbonyl (C=O) groups is 1. The van der Waals surface area contributed by atoms with Gasteiger partial charge in [-0.2, -0.15) is 9.40 Å². The zero-order chi connectivity index (χ0) is 25.6. The standard InChI is InChI=1S/C26H30FN3O5S/c1-16(2)35-18-9-11-19(12-10-18)36(33,34)29-14-20(17-5-3-6-17)24(15-29)30-23-8-4-7-21(27)26(23)22(28-30)13-25(31)32/h4,7-12,16-17,20,24H,3,5-6,13-15H2,1-2H3,(H,31,32)/t20-,24-/m0/s1. The van der Waals surface area contributed by atoms with Gasteiger partial charge < -0.3 is 9.84 Å². The van der Waals surface area contributed by atoms with Gasteiger partial charge in [-0.05, 0) is 62.1 Å². The van der Waals surface area contributed by atoms with Gasteiger partial charge in [0, 0.05) is 13.1 Å². The van der Waals surface area contributed by atoms with E-state index in [1.165, 1.54) is 10.4 Å². The Labute approximate surface area is 209 Å². The average molecular weight is 516 g/mol. The molecule has 0 radical (unpaired) electrons. The van der Waals surface area contributed by atoms with Crippen molar-refractivity contribution in [3.63, 3.8) is 0 Å². The number of aromatic nitrogens is 2. The molecule has 0 amide bonds. The fourth-order valence-electron chi connectivity index (χ4n) is 5.42. The number of rotatable bonds is 8. The zero-order valence-electron chi connectivity index (χ0n) is 20.3. The minimum atomic E-state index is -3.78. The lowest BCUT2D eigenvalue weighted by atomic mass is 9.74. The van der Waals surface area contributed by atoms with Crippen LogP contribution >= 0.6 is 0 Å². The molecule has 2 heterocycles. The van der Waals surface area contributed by atoms with E-state index in [4.69, 9.17) is 4.74 Å². The van der Waals surface area contributed by atoms with Crippen LogP contribution in [0.15, 0.2) is 47.4 Å². The van der Waals surface area contributed by atoms with Crippen LogP contribution in [0.2, 0.25) is 0 Å². The van der Waals surface area contributed by atoms with Crippen LogP contribution in [0.25, 0.3) is 10.9 Å². The summed E-state index contributed by atoms with van der Waals surface area (Å²) in [7, 11) is -3.78. The first-order valence-corrected chi connectivity index (χ1v) is 13.7. The Balaban J connectivity index is 1.51. The highest BCUT2D eigenvalue weighted by Crippen LogP contribution is 2.45. The van der Waals surface area contributed by atoms with Gasteiger partial charge in [0.05, 0.1) is 40.1 Å². The van der Waals surface area contributed by atoms with Crippen molar-refractivity contribution in [1.29, 1.82) is 0 Å².